The van der Waals surface area contributed by atoms with Crippen molar-refractivity contribution >= 4 is 21.7 Å². The third-order valence-corrected chi connectivity index (χ3v) is 7.80. The SMILES string of the molecule is COc1ccc(-c2nnc(NC(=O)C(C)(C)S(=O)(=O)CC3CCC3)[nH]2)c(F)c1. The van der Waals surface area contributed by atoms with Gasteiger partial charge in [-0.05, 0) is 44.7 Å². The van der Waals surface area contributed by atoms with Crippen LogP contribution in [-0.2, 0) is 14.6 Å². The Morgan fingerprint density at radius 2 is 2.07 bits per heavy atom. The van der Waals surface area contributed by atoms with E-state index in [-0.39, 0.29) is 29.0 Å². The van der Waals surface area contributed by atoms with Crippen LogP contribution in [0.25, 0.3) is 11.4 Å². The molecule has 0 aliphatic heterocycles. The minimum absolute atomic E-state index is 0.00780. The molecule has 0 spiro atoms. The van der Waals surface area contributed by atoms with Gasteiger partial charge in [-0.3, -0.25) is 10.1 Å². The number of benzene rings is 1. The third-order valence-electron chi connectivity index (χ3n) is 5.15. The number of nitrogens with one attached hydrogen (secondary N) is 2. The molecule has 0 unspecified atom stereocenters. The average molecular weight is 410 g/mol. The number of aromatic amines is 1. The summed E-state index contributed by atoms with van der Waals surface area (Å²) in [5, 5.41) is 10.0. The molecule has 2 aromatic rings. The predicted molar refractivity (Wildman–Crippen MR) is 102 cm³/mol. The highest BCUT2D eigenvalue weighted by molar-refractivity contribution is 7.93. The van der Waals surface area contributed by atoms with E-state index in [2.05, 4.69) is 20.5 Å². The molecule has 0 bridgehead atoms. The molecule has 1 fully saturated rings. The fourth-order valence-electron chi connectivity index (χ4n) is 2.83. The van der Waals surface area contributed by atoms with Crippen molar-refractivity contribution in [3.63, 3.8) is 0 Å². The first kappa shape index (κ1) is 20.2. The molecule has 3 rings (SSSR count). The van der Waals surface area contributed by atoms with Gasteiger partial charge >= 0.3 is 0 Å². The number of H-pyrrole nitrogens is 1. The number of aromatic nitrogens is 3. The molecule has 0 atom stereocenters. The highest BCUT2D eigenvalue weighted by atomic mass is 32.2. The van der Waals surface area contributed by atoms with E-state index in [0.29, 0.717) is 5.75 Å². The molecule has 1 aromatic carbocycles. The molecular weight excluding hydrogens is 387 g/mol. The van der Waals surface area contributed by atoms with Crippen LogP contribution in [0.15, 0.2) is 18.2 Å². The largest absolute Gasteiger partial charge is 0.497 e. The van der Waals surface area contributed by atoms with Crippen molar-refractivity contribution in [1.29, 1.82) is 0 Å². The van der Waals surface area contributed by atoms with Crippen molar-refractivity contribution in [2.45, 2.75) is 37.9 Å². The Balaban J connectivity index is 1.74. The summed E-state index contributed by atoms with van der Waals surface area (Å²) in [7, 11) is -2.22. The summed E-state index contributed by atoms with van der Waals surface area (Å²) in [6, 6.07) is 4.23. The minimum Gasteiger partial charge on any atom is -0.497 e. The number of ether oxygens (including phenoxy) is 1. The summed E-state index contributed by atoms with van der Waals surface area (Å²) in [4.78, 5) is 15.3. The topological polar surface area (TPSA) is 114 Å². The number of amides is 1. The van der Waals surface area contributed by atoms with Crippen LogP contribution >= 0.6 is 0 Å². The van der Waals surface area contributed by atoms with Gasteiger partial charge in [0.25, 0.3) is 0 Å². The highest BCUT2D eigenvalue weighted by Crippen LogP contribution is 2.31. The number of methoxy groups -OCH3 is 1. The maximum absolute atomic E-state index is 14.2. The van der Waals surface area contributed by atoms with Gasteiger partial charge < -0.3 is 9.72 Å². The molecule has 1 aliphatic carbocycles. The van der Waals surface area contributed by atoms with E-state index in [1.807, 2.05) is 0 Å². The maximum Gasteiger partial charge on any atom is 0.247 e. The standard InChI is InChI=1S/C18H23FN4O4S/c1-18(2,28(25,26)10-11-5-4-6-11)16(24)21-17-20-15(22-23-17)13-8-7-12(27-3)9-14(13)19/h7-9,11H,4-6,10H2,1-3H3,(H2,20,21,22,23,24). The second kappa shape index (κ2) is 7.50. The lowest BCUT2D eigenvalue weighted by Crippen LogP contribution is -2.47. The van der Waals surface area contributed by atoms with Crippen LogP contribution in [0.4, 0.5) is 10.3 Å². The van der Waals surface area contributed by atoms with Gasteiger partial charge in [-0.25, -0.2) is 12.8 Å². The Morgan fingerprint density at radius 3 is 2.64 bits per heavy atom. The fourth-order valence-corrected chi connectivity index (χ4v) is 4.54. The van der Waals surface area contributed by atoms with Gasteiger partial charge in [-0.2, -0.15) is 0 Å². The number of carbonyl (C=O) groups excluding carboxylic acids is 1. The van der Waals surface area contributed by atoms with Crippen LogP contribution in [0, 0.1) is 11.7 Å². The van der Waals surface area contributed by atoms with Crippen molar-refractivity contribution < 1.29 is 22.3 Å². The quantitative estimate of drug-likeness (QED) is 0.725. The van der Waals surface area contributed by atoms with E-state index in [1.165, 1.54) is 33.1 Å². The van der Waals surface area contributed by atoms with Crippen LogP contribution in [0.3, 0.4) is 0 Å². The molecule has 28 heavy (non-hydrogen) atoms. The first-order chi connectivity index (χ1) is 13.1. The van der Waals surface area contributed by atoms with Gasteiger partial charge in [-0.1, -0.05) is 6.42 Å². The van der Waals surface area contributed by atoms with Crippen molar-refractivity contribution in [2.24, 2.45) is 5.92 Å². The van der Waals surface area contributed by atoms with Crippen LogP contribution in [0.2, 0.25) is 0 Å². The lowest BCUT2D eigenvalue weighted by molar-refractivity contribution is -0.117. The molecule has 0 radical (unpaired) electrons. The first-order valence-corrected chi connectivity index (χ1v) is 10.6. The summed E-state index contributed by atoms with van der Waals surface area (Å²) in [6.07, 6.45) is 2.77. The van der Waals surface area contributed by atoms with E-state index in [0.717, 1.165) is 19.3 Å². The fraction of sp³-hybridized carbons (Fsp3) is 0.500. The normalized spacial score (nSPS) is 15.1. The molecule has 1 aliphatic rings. The van der Waals surface area contributed by atoms with E-state index >= 15 is 0 Å². The number of anilines is 1. The smallest absolute Gasteiger partial charge is 0.247 e. The van der Waals surface area contributed by atoms with Crippen LogP contribution in [-0.4, -0.2) is 47.1 Å². The zero-order chi connectivity index (χ0) is 20.5. The Morgan fingerprint density at radius 1 is 1.36 bits per heavy atom. The maximum atomic E-state index is 14.2. The summed E-state index contributed by atoms with van der Waals surface area (Å²) in [5.74, 6) is -0.777. The first-order valence-electron chi connectivity index (χ1n) is 8.94. The Hall–Kier alpha value is -2.49. The molecule has 152 valence electrons. The lowest BCUT2D eigenvalue weighted by Gasteiger charge is -2.30. The minimum atomic E-state index is -3.65. The zero-order valence-electron chi connectivity index (χ0n) is 16.0. The molecule has 10 heteroatoms. The van der Waals surface area contributed by atoms with Crippen LogP contribution in [0.1, 0.15) is 33.1 Å². The average Bonchev–Trinajstić information content (AvgIpc) is 3.06. The molecule has 8 nitrogen and oxygen atoms in total. The summed E-state index contributed by atoms with van der Waals surface area (Å²) >= 11 is 0. The molecular formula is C18H23FN4O4S. The van der Waals surface area contributed by atoms with E-state index < -0.39 is 26.3 Å². The van der Waals surface area contributed by atoms with Crippen molar-refractivity contribution in [3.8, 4) is 17.1 Å². The van der Waals surface area contributed by atoms with Crippen LogP contribution in [0.5, 0.6) is 5.75 Å². The Kier molecular flexibility index (Phi) is 5.42. The number of hydrogen-bond acceptors (Lipinski definition) is 6. The molecule has 1 heterocycles. The molecule has 0 saturated heterocycles. The van der Waals surface area contributed by atoms with E-state index in [4.69, 9.17) is 4.74 Å². The second-order valence-corrected chi connectivity index (χ2v) is 9.99. The molecule has 1 aromatic heterocycles. The number of hydrogen-bond donors (Lipinski definition) is 2. The van der Waals surface area contributed by atoms with Crippen molar-refractivity contribution in [2.75, 3.05) is 18.2 Å². The predicted octanol–water partition coefficient (Wildman–Crippen LogP) is 2.55. The van der Waals surface area contributed by atoms with Gasteiger partial charge in [0.1, 0.15) is 16.3 Å². The number of sulfone groups is 1. The summed E-state index contributed by atoms with van der Waals surface area (Å²) in [5.41, 5.74) is 0.144. The molecule has 1 saturated carbocycles. The monoisotopic (exact) mass is 410 g/mol. The summed E-state index contributed by atoms with van der Waals surface area (Å²) in [6.45, 7) is 2.74. The molecule has 1 amide bonds. The molecule has 2 N–H and O–H groups in total. The van der Waals surface area contributed by atoms with Gasteiger partial charge in [0.2, 0.25) is 11.9 Å². The number of rotatable bonds is 7. The highest BCUT2D eigenvalue weighted by Gasteiger charge is 2.43. The van der Waals surface area contributed by atoms with Crippen molar-refractivity contribution in [3.05, 3.63) is 24.0 Å². The van der Waals surface area contributed by atoms with Gasteiger partial charge in [-0.15, -0.1) is 10.2 Å². The van der Waals surface area contributed by atoms with Gasteiger partial charge in [0, 0.05) is 6.07 Å². The lowest BCUT2D eigenvalue weighted by atomic mass is 9.87. The van der Waals surface area contributed by atoms with Gasteiger partial charge in [0.15, 0.2) is 15.7 Å². The van der Waals surface area contributed by atoms with E-state index in [9.17, 15) is 17.6 Å². The number of halogens is 1. The van der Waals surface area contributed by atoms with Crippen LogP contribution < -0.4 is 10.1 Å². The van der Waals surface area contributed by atoms with E-state index in [1.54, 1.807) is 6.07 Å². The summed E-state index contributed by atoms with van der Waals surface area (Å²) < 4.78 is 42.8. The van der Waals surface area contributed by atoms with Gasteiger partial charge in [0.05, 0.1) is 18.4 Å². The second-order valence-electron chi connectivity index (χ2n) is 7.41. The van der Waals surface area contributed by atoms with Crippen molar-refractivity contribution in [1.82, 2.24) is 15.2 Å². The Labute approximate surface area is 162 Å². The Bertz CT molecular complexity index is 983. The number of carbonyl (C=O) groups is 1. The zero-order valence-corrected chi connectivity index (χ0v) is 16.8. The third kappa shape index (κ3) is 3.87. The number of nitrogens with zero attached hydrogens (tertiary/aromatic N) is 2.